The smallest absolute Gasteiger partial charge is 0.234 e. The fraction of sp³-hybridized carbons (Fsp3) is 0.250. The van der Waals surface area contributed by atoms with Crippen LogP contribution in [0.2, 0.25) is 0 Å². The molecule has 1 N–H and O–H groups in total. The van der Waals surface area contributed by atoms with E-state index in [0.29, 0.717) is 11.4 Å². The van der Waals surface area contributed by atoms with E-state index in [0.717, 1.165) is 35.6 Å². The molecule has 0 saturated carbocycles. The fourth-order valence-electron chi connectivity index (χ4n) is 3.15. The quantitative estimate of drug-likeness (QED) is 0.598. The van der Waals surface area contributed by atoms with Crippen LogP contribution in [-0.4, -0.2) is 47.2 Å². The molecule has 8 nitrogen and oxygen atoms in total. The third-order valence-electron chi connectivity index (χ3n) is 4.58. The average molecular weight is 411 g/mol. The minimum absolute atomic E-state index is 0.123. The number of amides is 1. The van der Waals surface area contributed by atoms with Crippen molar-refractivity contribution in [1.29, 1.82) is 0 Å². The number of carbonyl (C=O) groups is 1. The highest BCUT2D eigenvalue weighted by Crippen LogP contribution is 2.33. The van der Waals surface area contributed by atoms with Gasteiger partial charge in [0.2, 0.25) is 11.9 Å². The van der Waals surface area contributed by atoms with Crippen LogP contribution in [0.1, 0.15) is 0 Å². The molecule has 3 aromatic rings. The highest BCUT2D eigenvalue weighted by molar-refractivity contribution is 7.99. The summed E-state index contributed by atoms with van der Waals surface area (Å²) in [7, 11) is 3.23. The second-order valence-corrected chi connectivity index (χ2v) is 7.26. The predicted molar refractivity (Wildman–Crippen MR) is 112 cm³/mol. The van der Waals surface area contributed by atoms with E-state index in [4.69, 9.17) is 9.47 Å². The summed E-state index contributed by atoms with van der Waals surface area (Å²) in [5.74, 6) is 2.33. The van der Waals surface area contributed by atoms with Crippen molar-refractivity contribution < 1.29 is 14.3 Å². The van der Waals surface area contributed by atoms with Gasteiger partial charge in [-0.1, -0.05) is 23.9 Å². The number of thioether (sulfide) groups is 1. The number of fused-ring (bicyclic) bond motifs is 1. The molecule has 0 bridgehead atoms. The first-order valence-corrected chi connectivity index (χ1v) is 10.1. The Kier molecular flexibility index (Phi) is 5.57. The van der Waals surface area contributed by atoms with E-state index in [1.165, 1.54) is 11.8 Å². The van der Waals surface area contributed by atoms with Crippen molar-refractivity contribution in [1.82, 2.24) is 14.8 Å². The summed E-state index contributed by atoms with van der Waals surface area (Å²) in [6.07, 6.45) is 0. The van der Waals surface area contributed by atoms with Gasteiger partial charge in [-0.25, -0.2) is 0 Å². The molecule has 2 aromatic carbocycles. The van der Waals surface area contributed by atoms with Crippen LogP contribution >= 0.6 is 11.8 Å². The first-order chi connectivity index (χ1) is 14.2. The van der Waals surface area contributed by atoms with Gasteiger partial charge in [0.15, 0.2) is 5.16 Å². The lowest BCUT2D eigenvalue weighted by Gasteiger charge is -2.15. The van der Waals surface area contributed by atoms with Crippen LogP contribution in [0.5, 0.6) is 11.5 Å². The molecule has 0 aliphatic carbocycles. The summed E-state index contributed by atoms with van der Waals surface area (Å²) < 4.78 is 12.5. The van der Waals surface area contributed by atoms with E-state index >= 15 is 0 Å². The summed E-state index contributed by atoms with van der Waals surface area (Å²) in [5, 5.41) is 12.2. The van der Waals surface area contributed by atoms with Gasteiger partial charge in [0.05, 0.1) is 25.7 Å². The van der Waals surface area contributed by atoms with Crippen molar-refractivity contribution in [3.05, 3.63) is 48.5 Å². The van der Waals surface area contributed by atoms with E-state index in [1.54, 1.807) is 14.2 Å². The Morgan fingerprint density at radius 2 is 1.86 bits per heavy atom. The zero-order valence-electron chi connectivity index (χ0n) is 16.2. The lowest BCUT2D eigenvalue weighted by Crippen LogP contribution is -2.15. The highest BCUT2D eigenvalue weighted by atomic mass is 32.2. The molecule has 0 saturated heterocycles. The van der Waals surface area contributed by atoms with Gasteiger partial charge in [0.25, 0.3) is 0 Å². The maximum Gasteiger partial charge on any atom is 0.234 e. The Hall–Kier alpha value is -3.20. The molecule has 4 rings (SSSR count). The Labute approximate surface area is 172 Å². The summed E-state index contributed by atoms with van der Waals surface area (Å²) >= 11 is 1.37. The Bertz CT molecular complexity index is 1010. The van der Waals surface area contributed by atoms with Gasteiger partial charge in [-0.15, -0.1) is 10.2 Å². The molecule has 9 heteroatoms. The van der Waals surface area contributed by atoms with Gasteiger partial charge >= 0.3 is 0 Å². The van der Waals surface area contributed by atoms with Crippen molar-refractivity contribution in [2.45, 2.75) is 11.7 Å². The van der Waals surface area contributed by atoms with Crippen LogP contribution in [0, 0.1) is 0 Å². The van der Waals surface area contributed by atoms with E-state index in [-0.39, 0.29) is 11.7 Å². The number of rotatable bonds is 7. The number of hydrogen-bond acceptors (Lipinski definition) is 7. The molecular weight excluding hydrogens is 390 g/mol. The van der Waals surface area contributed by atoms with Crippen molar-refractivity contribution in [2.24, 2.45) is 0 Å². The van der Waals surface area contributed by atoms with Crippen molar-refractivity contribution >= 4 is 35.0 Å². The van der Waals surface area contributed by atoms with Gasteiger partial charge < -0.3 is 19.7 Å². The molecule has 0 fully saturated rings. The van der Waals surface area contributed by atoms with Gasteiger partial charge in [-0.3, -0.25) is 9.36 Å². The highest BCUT2D eigenvalue weighted by Gasteiger charge is 2.26. The lowest BCUT2D eigenvalue weighted by molar-refractivity contribution is -0.113. The minimum atomic E-state index is -0.123. The van der Waals surface area contributed by atoms with E-state index < -0.39 is 0 Å². The number of methoxy groups -OCH3 is 2. The zero-order chi connectivity index (χ0) is 20.2. The van der Waals surface area contributed by atoms with E-state index in [2.05, 4.69) is 20.4 Å². The number of para-hydroxylation sites is 2. The number of ether oxygens (including phenoxy) is 2. The minimum Gasteiger partial charge on any atom is -0.497 e. The molecule has 0 spiro atoms. The first-order valence-electron chi connectivity index (χ1n) is 9.10. The number of carbonyl (C=O) groups excluding carboxylic acids is 1. The lowest BCUT2D eigenvalue weighted by atomic mass is 10.3. The summed E-state index contributed by atoms with van der Waals surface area (Å²) in [4.78, 5) is 14.5. The zero-order valence-corrected chi connectivity index (χ0v) is 17.0. The number of benzene rings is 2. The van der Waals surface area contributed by atoms with Crippen LogP contribution in [0.3, 0.4) is 0 Å². The molecular formula is C20H21N5O3S. The molecule has 29 heavy (non-hydrogen) atoms. The SMILES string of the molecule is COc1ccc(N2CCn3c(SCC(=O)Nc4ccccc4OC)nnc32)cc1. The van der Waals surface area contributed by atoms with Crippen molar-refractivity contribution in [2.75, 3.05) is 36.7 Å². The molecule has 1 aliphatic rings. The Morgan fingerprint density at radius 1 is 1.07 bits per heavy atom. The monoisotopic (exact) mass is 411 g/mol. The van der Waals surface area contributed by atoms with Crippen LogP contribution in [-0.2, 0) is 11.3 Å². The van der Waals surface area contributed by atoms with Gasteiger partial charge in [-0.05, 0) is 36.4 Å². The summed E-state index contributed by atoms with van der Waals surface area (Å²) in [5.41, 5.74) is 1.68. The van der Waals surface area contributed by atoms with Gasteiger partial charge in [0, 0.05) is 18.8 Å². The maximum absolute atomic E-state index is 12.4. The maximum atomic E-state index is 12.4. The van der Waals surface area contributed by atoms with Crippen LogP contribution in [0.25, 0.3) is 0 Å². The normalized spacial score (nSPS) is 12.6. The largest absolute Gasteiger partial charge is 0.497 e. The Balaban J connectivity index is 1.40. The predicted octanol–water partition coefficient (Wildman–Crippen LogP) is 3.18. The fourth-order valence-corrected chi connectivity index (χ4v) is 3.91. The third-order valence-corrected chi connectivity index (χ3v) is 5.55. The van der Waals surface area contributed by atoms with E-state index in [9.17, 15) is 4.79 Å². The topological polar surface area (TPSA) is 81.5 Å². The summed E-state index contributed by atoms with van der Waals surface area (Å²) in [6.45, 7) is 1.57. The number of anilines is 3. The molecule has 1 aromatic heterocycles. The van der Waals surface area contributed by atoms with Crippen LogP contribution in [0.4, 0.5) is 17.3 Å². The number of aromatic nitrogens is 3. The molecule has 1 aliphatic heterocycles. The number of nitrogens with one attached hydrogen (secondary N) is 1. The number of hydrogen-bond donors (Lipinski definition) is 1. The average Bonchev–Trinajstić information content (AvgIpc) is 3.35. The van der Waals surface area contributed by atoms with Gasteiger partial charge in [-0.2, -0.15) is 0 Å². The second kappa shape index (κ2) is 8.44. The van der Waals surface area contributed by atoms with Gasteiger partial charge in [0.1, 0.15) is 11.5 Å². The van der Waals surface area contributed by atoms with Crippen LogP contribution < -0.4 is 19.7 Å². The third kappa shape index (κ3) is 4.00. The second-order valence-electron chi connectivity index (χ2n) is 6.32. The molecule has 2 heterocycles. The molecule has 0 radical (unpaired) electrons. The Morgan fingerprint density at radius 3 is 2.62 bits per heavy atom. The van der Waals surface area contributed by atoms with Crippen LogP contribution in [0.15, 0.2) is 53.7 Å². The van der Waals surface area contributed by atoms with Crippen molar-refractivity contribution in [3.63, 3.8) is 0 Å². The van der Waals surface area contributed by atoms with E-state index in [1.807, 2.05) is 53.1 Å². The number of nitrogens with zero attached hydrogens (tertiary/aromatic N) is 4. The standard InChI is InChI=1S/C20H21N5O3S/c1-27-15-9-7-14(8-10-15)24-11-12-25-19(24)22-23-20(25)29-13-18(26)21-16-5-3-4-6-17(16)28-2/h3-10H,11-13H2,1-2H3,(H,21,26). The summed E-state index contributed by atoms with van der Waals surface area (Å²) in [6, 6.07) is 15.2. The molecule has 0 atom stereocenters. The molecule has 0 unspecified atom stereocenters. The first kappa shape index (κ1) is 19.1. The van der Waals surface area contributed by atoms with Crippen molar-refractivity contribution in [3.8, 4) is 11.5 Å². The molecule has 150 valence electrons. The molecule has 1 amide bonds.